The molecule has 32 heavy (non-hydrogen) atoms. The van der Waals surface area contributed by atoms with E-state index in [1.54, 1.807) is 55.0 Å². The highest BCUT2D eigenvalue weighted by Crippen LogP contribution is 2.42. The van der Waals surface area contributed by atoms with E-state index in [-0.39, 0.29) is 24.7 Å². The molecular formula is C24H19NO6S. The molecule has 1 aromatic heterocycles. The molecule has 1 amide bonds. The zero-order valence-corrected chi connectivity index (χ0v) is 17.9. The Morgan fingerprint density at radius 2 is 2.00 bits per heavy atom. The normalized spacial score (nSPS) is 17.2. The van der Waals surface area contributed by atoms with Crippen LogP contribution in [0.15, 0.2) is 71.3 Å². The maximum atomic E-state index is 13.3. The average molecular weight is 449 g/mol. The number of aliphatic hydroxyl groups is 1. The Morgan fingerprint density at radius 1 is 1.16 bits per heavy atom. The number of benzene rings is 2. The molecule has 0 aliphatic carbocycles. The average Bonchev–Trinajstić information content (AvgIpc) is 3.55. The van der Waals surface area contributed by atoms with Crippen molar-refractivity contribution >= 4 is 23.0 Å². The van der Waals surface area contributed by atoms with Gasteiger partial charge < -0.3 is 24.2 Å². The second-order valence-corrected chi connectivity index (χ2v) is 8.32. The summed E-state index contributed by atoms with van der Waals surface area (Å²) in [6.07, 6.45) is 0. The molecule has 1 unspecified atom stereocenters. The standard InChI is InChI=1S/C24H19NO6S/c1-29-16-5-2-4-15(11-16)21-20(22(26)19-6-3-9-32-19)23(27)24(28)25(21)12-14-7-8-17-18(10-14)31-13-30-17/h2-11,21,27H,12-13H2,1H3. The maximum Gasteiger partial charge on any atom is 0.290 e. The lowest BCUT2D eigenvalue weighted by Crippen LogP contribution is -2.30. The summed E-state index contributed by atoms with van der Waals surface area (Å²) in [4.78, 5) is 28.4. The Labute approximate surface area is 188 Å². The second kappa shape index (κ2) is 8.05. The highest BCUT2D eigenvalue weighted by Gasteiger charge is 2.44. The number of hydrogen-bond donors (Lipinski definition) is 1. The molecule has 0 saturated heterocycles. The van der Waals surface area contributed by atoms with E-state index in [4.69, 9.17) is 14.2 Å². The first kappa shape index (κ1) is 20.1. The predicted octanol–water partition coefficient (Wildman–Crippen LogP) is 4.26. The fourth-order valence-corrected chi connectivity index (χ4v) is 4.66. The van der Waals surface area contributed by atoms with E-state index >= 15 is 0 Å². The van der Waals surface area contributed by atoms with Crippen LogP contribution in [0.1, 0.15) is 26.8 Å². The van der Waals surface area contributed by atoms with Gasteiger partial charge in [-0.1, -0.05) is 24.3 Å². The minimum atomic E-state index is -0.766. The summed E-state index contributed by atoms with van der Waals surface area (Å²) in [5, 5.41) is 12.6. The smallest absolute Gasteiger partial charge is 0.290 e. The summed E-state index contributed by atoms with van der Waals surface area (Å²) >= 11 is 1.26. The van der Waals surface area contributed by atoms with Gasteiger partial charge in [0.05, 0.1) is 23.6 Å². The quantitative estimate of drug-likeness (QED) is 0.566. The van der Waals surface area contributed by atoms with E-state index in [0.29, 0.717) is 27.7 Å². The minimum Gasteiger partial charge on any atom is -0.503 e. The first-order valence-electron chi connectivity index (χ1n) is 9.91. The lowest BCUT2D eigenvalue weighted by molar-refractivity contribution is -0.130. The van der Waals surface area contributed by atoms with Crippen LogP contribution in [0.4, 0.5) is 0 Å². The number of hydrogen-bond acceptors (Lipinski definition) is 7. The van der Waals surface area contributed by atoms with Crippen molar-refractivity contribution in [3.8, 4) is 17.2 Å². The molecule has 3 aromatic rings. The Bertz CT molecular complexity index is 1230. The number of fused-ring (bicyclic) bond motifs is 1. The van der Waals surface area contributed by atoms with Crippen LogP contribution >= 0.6 is 11.3 Å². The van der Waals surface area contributed by atoms with Crippen LogP contribution in [-0.2, 0) is 11.3 Å². The van der Waals surface area contributed by atoms with E-state index in [2.05, 4.69) is 0 Å². The summed E-state index contributed by atoms with van der Waals surface area (Å²) in [6, 6.07) is 15.2. The van der Waals surface area contributed by atoms with Crippen molar-refractivity contribution in [1.29, 1.82) is 0 Å². The SMILES string of the molecule is COc1cccc(C2C(C(=O)c3cccs3)=C(O)C(=O)N2Cc2ccc3c(c2)OCO3)c1. The molecule has 0 radical (unpaired) electrons. The van der Waals surface area contributed by atoms with Gasteiger partial charge in [-0.25, -0.2) is 0 Å². The van der Waals surface area contributed by atoms with Gasteiger partial charge in [0.2, 0.25) is 12.6 Å². The third-order valence-electron chi connectivity index (χ3n) is 5.49. The van der Waals surface area contributed by atoms with E-state index in [9.17, 15) is 14.7 Å². The van der Waals surface area contributed by atoms with E-state index in [1.165, 1.54) is 16.2 Å². The number of amides is 1. The van der Waals surface area contributed by atoms with Crippen molar-refractivity contribution in [3.63, 3.8) is 0 Å². The van der Waals surface area contributed by atoms with Crippen LogP contribution in [-0.4, -0.2) is 35.6 Å². The van der Waals surface area contributed by atoms with Crippen molar-refractivity contribution in [1.82, 2.24) is 4.90 Å². The van der Waals surface area contributed by atoms with Crippen molar-refractivity contribution in [2.24, 2.45) is 0 Å². The van der Waals surface area contributed by atoms with Gasteiger partial charge in [0, 0.05) is 6.54 Å². The van der Waals surface area contributed by atoms with Crippen LogP contribution in [0.3, 0.4) is 0 Å². The van der Waals surface area contributed by atoms with Gasteiger partial charge in [-0.05, 0) is 46.8 Å². The van der Waals surface area contributed by atoms with Crippen LogP contribution < -0.4 is 14.2 Å². The zero-order valence-electron chi connectivity index (χ0n) is 17.1. The first-order chi connectivity index (χ1) is 15.6. The largest absolute Gasteiger partial charge is 0.503 e. The fraction of sp³-hybridized carbons (Fsp3) is 0.167. The number of Topliss-reactive ketones (excluding diaryl/α,β-unsaturated/α-hetero) is 1. The van der Waals surface area contributed by atoms with Gasteiger partial charge in [-0.3, -0.25) is 9.59 Å². The van der Waals surface area contributed by atoms with Gasteiger partial charge in [-0.15, -0.1) is 11.3 Å². The van der Waals surface area contributed by atoms with Gasteiger partial charge in [0.1, 0.15) is 5.75 Å². The lowest BCUT2D eigenvalue weighted by atomic mass is 9.95. The monoisotopic (exact) mass is 449 g/mol. The van der Waals surface area contributed by atoms with Crippen LogP contribution in [0.2, 0.25) is 0 Å². The number of ether oxygens (including phenoxy) is 3. The molecule has 2 aromatic carbocycles. The molecule has 1 atom stereocenters. The van der Waals surface area contributed by atoms with Gasteiger partial charge >= 0.3 is 0 Å². The molecule has 3 heterocycles. The molecule has 0 spiro atoms. The molecule has 8 heteroatoms. The molecule has 1 N–H and O–H groups in total. The topological polar surface area (TPSA) is 85.3 Å². The Hall–Kier alpha value is -3.78. The summed E-state index contributed by atoms with van der Waals surface area (Å²) in [6.45, 7) is 0.318. The fourth-order valence-electron chi connectivity index (χ4n) is 3.98. The first-order valence-corrected chi connectivity index (χ1v) is 10.8. The number of thiophene rings is 1. The minimum absolute atomic E-state index is 0.0615. The van der Waals surface area contributed by atoms with E-state index in [1.807, 2.05) is 12.1 Å². The zero-order chi connectivity index (χ0) is 22.2. The number of methoxy groups -OCH3 is 1. The van der Waals surface area contributed by atoms with Crippen LogP contribution in [0.25, 0.3) is 0 Å². The summed E-state index contributed by atoms with van der Waals surface area (Å²) in [5.74, 6) is 0.325. The third kappa shape index (κ3) is 3.38. The molecule has 5 rings (SSSR count). The number of carbonyl (C=O) groups is 2. The molecule has 0 fully saturated rings. The number of rotatable bonds is 6. The Morgan fingerprint density at radius 3 is 2.78 bits per heavy atom. The van der Waals surface area contributed by atoms with Crippen molar-refractivity contribution in [2.45, 2.75) is 12.6 Å². The molecule has 2 aliphatic rings. The van der Waals surface area contributed by atoms with E-state index < -0.39 is 17.7 Å². The highest BCUT2D eigenvalue weighted by molar-refractivity contribution is 7.12. The lowest BCUT2D eigenvalue weighted by Gasteiger charge is -2.27. The maximum absolute atomic E-state index is 13.3. The van der Waals surface area contributed by atoms with Crippen LogP contribution in [0.5, 0.6) is 17.2 Å². The second-order valence-electron chi connectivity index (χ2n) is 7.37. The van der Waals surface area contributed by atoms with Crippen molar-refractivity contribution < 1.29 is 28.9 Å². The molecule has 0 saturated carbocycles. The number of ketones is 1. The summed E-state index contributed by atoms with van der Waals surface area (Å²) in [5.41, 5.74) is 1.52. The van der Waals surface area contributed by atoms with Gasteiger partial charge in [-0.2, -0.15) is 0 Å². The molecule has 0 bridgehead atoms. The summed E-state index contributed by atoms with van der Waals surface area (Å²) in [7, 11) is 1.55. The molecular weight excluding hydrogens is 430 g/mol. The number of nitrogens with zero attached hydrogens (tertiary/aromatic N) is 1. The number of carbonyl (C=O) groups excluding carboxylic acids is 2. The number of aliphatic hydroxyl groups excluding tert-OH is 1. The van der Waals surface area contributed by atoms with Gasteiger partial charge in [0.25, 0.3) is 5.91 Å². The molecule has 162 valence electrons. The predicted molar refractivity (Wildman–Crippen MR) is 117 cm³/mol. The highest BCUT2D eigenvalue weighted by atomic mass is 32.1. The van der Waals surface area contributed by atoms with E-state index in [0.717, 1.165) is 5.56 Å². The Kier molecular flexibility index (Phi) is 5.07. The van der Waals surface area contributed by atoms with Crippen molar-refractivity contribution in [2.75, 3.05) is 13.9 Å². The Balaban J connectivity index is 1.57. The molecule has 7 nitrogen and oxygen atoms in total. The van der Waals surface area contributed by atoms with Gasteiger partial charge in [0.15, 0.2) is 17.3 Å². The third-order valence-corrected chi connectivity index (χ3v) is 6.36. The molecule has 2 aliphatic heterocycles. The summed E-state index contributed by atoms with van der Waals surface area (Å²) < 4.78 is 16.2. The van der Waals surface area contributed by atoms with Crippen molar-refractivity contribution in [3.05, 3.63) is 87.3 Å². The van der Waals surface area contributed by atoms with Crippen LogP contribution in [0, 0.1) is 0 Å².